The number of ether oxygens (including phenoxy) is 1. The molecular formula is C29H30N4O2S. The Morgan fingerprint density at radius 2 is 1.97 bits per heavy atom. The van der Waals surface area contributed by atoms with Crippen molar-refractivity contribution in [2.75, 3.05) is 31.5 Å². The lowest BCUT2D eigenvalue weighted by Gasteiger charge is -2.33. The maximum absolute atomic E-state index is 12.9. The molecule has 1 aromatic heterocycles. The standard InChI is InChI=1S/C29H30N4O2S/c34-28(25-19-36-29(32-25)27-16-30-24-12-3-4-13-26(24)35-27)31-15-20-7-6-14-33(17-20)18-22-10-5-9-21-8-1-2-11-23(21)22/h1-5,8-13,19-20,27,30H,6-7,14-18H2,(H,31,34)/t20-,27?/m0/s1. The van der Waals surface area contributed by atoms with E-state index in [1.807, 2.05) is 29.6 Å². The van der Waals surface area contributed by atoms with Gasteiger partial charge in [0.25, 0.3) is 5.91 Å². The third kappa shape index (κ3) is 4.94. The lowest BCUT2D eigenvalue weighted by atomic mass is 9.96. The topological polar surface area (TPSA) is 66.5 Å². The normalized spacial score (nSPS) is 19.8. The van der Waals surface area contributed by atoms with Gasteiger partial charge >= 0.3 is 0 Å². The number of para-hydroxylation sites is 2. The van der Waals surface area contributed by atoms with Gasteiger partial charge in [0.15, 0.2) is 6.10 Å². The van der Waals surface area contributed by atoms with E-state index in [4.69, 9.17) is 4.74 Å². The van der Waals surface area contributed by atoms with Gasteiger partial charge in [-0.3, -0.25) is 9.69 Å². The number of hydrogen-bond donors (Lipinski definition) is 2. The summed E-state index contributed by atoms with van der Waals surface area (Å²) in [6.45, 7) is 4.35. The Morgan fingerprint density at radius 1 is 1.11 bits per heavy atom. The smallest absolute Gasteiger partial charge is 0.270 e. The van der Waals surface area contributed by atoms with Crippen LogP contribution >= 0.6 is 11.3 Å². The first-order chi connectivity index (χ1) is 17.7. The molecule has 0 radical (unpaired) electrons. The molecule has 3 heterocycles. The molecule has 0 aliphatic carbocycles. The molecule has 1 amide bonds. The van der Waals surface area contributed by atoms with Gasteiger partial charge in [-0.2, -0.15) is 0 Å². The molecule has 1 fully saturated rings. The van der Waals surface area contributed by atoms with Gasteiger partial charge in [-0.15, -0.1) is 11.3 Å². The lowest BCUT2D eigenvalue weighted by Crippen LogP contribution is -2.40. The summed E-state index contributed by atoms with van der Waals surface area (Å²) in [7, 11) is 0. The Kier molecular flexibility index (Phi) is 6.57. The zero-order valence-electron chi connectivity index (χ0n) is 20.2. The minimum Gasteiger partial charge on any atom is -0.479 e. The monoisotopic (exact) mass is 498 g/mol. The average Bonchev–Trinajstić information content (AvgIpc) is 3.43. The van der Waals surface area contributed by atoms with Gasteiger partial charge in [-0.05, 0) is 53.8 Å². The number of amides is 1. The first kappa shape index (κ1) is 23.0. The summed E-state index contributed by atoms with van der Waals surface area (Å²) >= 11 is 1.48. The molecule has 2 aliphatic heterocycles. The third-order valence-electron chi connectivity index (χ3n) is 7.09. The van der Waals surface area contributed by atoms with E-state index in [0.717, 1.165) is 48.9 Å². The number of nitrogens with zero attached hydrogens (tertiary/aromatic N) is 2. The van der Waals surface area contributed by atoms with Gasteiger partial charge in [0.05, 0.1) is 12.2 Å². The molecule has 3 aromatic carbocycles. The number of carbonyl (C=O) groups excluding carboxylic acids is 1. The van der Waals surface area contributed by atoms with E-state index >= 15 is 0 Å². The number of anilines is 1. The predicted molar refractivity (Wildman–Crippen MR) is 145 cm³/mol. The molecule has 2 N–H and O–H groups in total. The Morgan fingerprint density at radius 3 is 2.94 bits per heavy atom. The Hall–Kier alpha value is -3.42. The fraction of sp³-hybridized carbons (Fsp3) is 0.310. The largest absolute Gasteiger partial charge is 0.479 e. The van der Waals surface area contributed by atoms with E-state index in [1.54, 1.807) is 0 Å². The van der Waals surface area contributed by atoms with Crippen molar-refractivity contribution in [1.29, 1.82) is 0 Å². The van der Waals surface area contributed by atoms with E-state index < -0.39 is 0 Å². The van der Waals surface area contributed by atoms with Crippen LogP contribution in [0.2, 0.25) is 0 Å². The van der Waals surface area contributed by atoms with Crippen LogP contribution in [0.25, 0.3) is 10.8 Å². The van der Waals surface area contributed by atoms with Crippen LogP contribution in [-0.2, 0) is 6.54 Å². The fourth-order valence-corrected chi connectivity index (χ4v) is 6.08. The van der Waals surface area contributed by atoms with Crippen LogP contribution in [-0.4, -0.2) is 42.0 Å². The van der Waals surface area contributed by atoms with Crippen molar-refractivity contribution >= 4 is 33.7 Å². The van der Waals surface area contributed by atoms with Crippen LogP contribution in [0.4, 0.5) is 5.69 Å². The van der Waals surface area contributed by atoms with Crippen molar-refractivity contribution < 1.29 is 9.53 Å². The number of hydrogen-bond acceptors (Lipinski definition) is 6. The van der Waals surface area contributed by atoms with Crippen molar-refractivity contribution in [3.05, 3.63) is 88.4 Å². The number of thiazole rings is 1. The van der Waals surface area contributed by atoms with Gasteiger partial charge in [-0.1, -0.05) is 54.6 Å². The van der Waals surface area contributed by atoms with E-state index in [2.05, 4.69) is 63.0 Å². The molecule has 1 unspecified atom stereocenters. The number of benzene rings is 3. The molecule has 7 heteroatoms. The van der Waals surface area contributed by atoms with Gasteiger partial charge in [-0.25, -0.2) is 4.98 Å². The number of carbonyl (C=O) groups is 1. The van der Waals surface area contributed by atoms with E-state index in [0.29, 0.717) is 24.7 Å². The Labute approximate surface area is 215 Å². The van der Waals surface area contributed by atoms with Crippen molar-refractivity contribution in [2.24, 2.45) is 5.92 Å². The highest BCUT2D eigenvalue weighted by Crippen LogP contribution is 2.34. The molecule has 1 saturated heterocycles. The zero-order valence-corrected chi connectivity index (χ0v) is 21.0. The molecular weight excluding hydrogens is 468 g/mol. The maximum Gasteiger partial charge on any atom is 0.270 e. The first-order valence-corrected chi connectivity index (χ1v) is 13.5. The summed E-state index contributed by atoms with van der Waals surface area (Å²) in [5, 5.41) is 11.8. The van der Waals surface area contributed by atoms with Crippen LogP contribution in [0, 0.1) is 5.92 Å². The molecule has 6 rings (SSSR count). The Balaban J connectivity index is 1.03. The summed E-state index contributed by atoms with van der Waals surface area (Å²) in [4.78, 5) is 20.0. The molecule has 184 valence electrons. The maximum atomic E-state index is 12.9. The molecule has 4 aromatic rings. The highest BCUT2D eigenvalue weighted by molar-refractivity contribution is 7.09. The molecule has 2 atom stereocenters. The zero-order chi connectivity index (χ0) is 24.3. The molecule has 0 bridgehead atoms. The second kappa shape index (κ2) is 10.3. The number of rotatable bonds is 6. The number of likely N-dealkylation sites (tertiary alicyclic amines) is 1. The third-order valence-corrected chi connectivity index (χ3v) is 8.03. The minimum atomic E-state index is -0.188. The minimum absolute atomic E-state index is 0.104. The summed E-state index contributed by atoms with van der Waals surface area (Å²) < 4.78 is 6.10. The lowest BCUT2D eigenvalue weighted by molar-refractivity contribution is 0.0926. The summed E-state index contributed by atoms with van der Waals surface area (Å²) in [6, 6.07) is 23.0. The second-order valence-electron chi connectivity index (χ2n) is 9.65. The van der Waals surface area contributed by atoms with Gasteiger partial charge < -0.3 is 15.4 Å². The quantitative estimate of drug-likeness (QED) is 0.368. The van der Waals surface area contributed by atoms with Gasteiger partial charge in [0.1, 0.15) is 16.5 Å². The highest BCUT2D eigenvalue weighted by atomic mass is 32.1. The molecule has 2 aliphatic rings. The van der Waals surface area contributed by atoms with E-state index in [1.165, 1.54) is 27.7 Å². The van der Waals surface area contributed by atoms with Crippen LogP contribution in [0.1, 0.15) is 40.0 Å². The van der Waals surface area contributed by atoms with Crippen molar-refractivity contribution in [2.45, 2.75) is 25.5 Å². The molecule has 0 saturated carbocycles. The van der Waals surface area contributed by atoms with Crippen molar-refractivity contribution in [3.8, 4) is 5.75 Å². The molecule has 36 heavy (non-hydrogen) atoms. The molecule has 0 spiro atoms. The van der Waals surface area contributed by atoms with Crippen LogP contribution in [0.15, 0.2) is 72.1 Å². The Bertz CT molecular complexity index is 1360. The van der Waals surface area contributed by atoms with Gasteiger partial charge in [0, 0.05) is 25.0 Å². The second-order valence-corrected chi connectivity index (χ2v) is 10.5. The molecule has 6 nitrogen and oxygen atoms in total. The van der Waals surface area contributed by atoms with Crippen molar-refractivity contribution in [3.63, 3.8) is 0 Å². The highest BCUT2D eigenvalue weighted by Gasteiger charge is 2.25. The number of aromatic nitrogens is 1. The fourth-order valence-electron chi connectivity index (χ4n) is 5.25. The van der Waals surface area contributed by atoms with Gasteiger partial charge in [0.2, 0.25) is 0 Å². The summed E-state index contributed by atoms with van der Waals surface area (Å²) in [5.41, 5.74) is 2.83. The van der Waals surface area contributed by atoms with Crippen LogP contribution in [0.3, 0.4) is 0 Å². The average molecular weight is 499 g/mol. The van der Waals surface area contributed by atoms with Crippen LogP contribution in [0.5, 0.6) is 5.75 Å². The van der Waals surface area contributed by atoms with Crippen LogP contribution < -0.4 is 15.4 Å². The number of nitrogens with one attached hydrogen (secondary N) is 2. The predicted octanol–water partition coefficient (Wildman–Crippen LogP) is 5.48. The van der Waals surface area contributed by atoms with E-state index in [9.17, 15) is 4.79 Å². The number of fused-ring (bicyclic) bond motifs is 2. The first-order valence-electron chi connectivity index (χ1n) is 12.6. The van der Waals surface area contributed by atoms with E-state index in [-0.39, 0.29) is 12.0 Å². The van der Waals surface area contributed by atoms with Crippen molar-refractivity contribution in [1.82, 2.24) is 15.2 Å². The number of piperidine rings is 1. The SMILES string of the molecule is O=C(NC[C@@H]1CCCN(Cc2cccc3ccccc23)C1)c1csc(C2CNc3ccccc3O2)n1. The summed E-state index contributed by atoms with van der Waals surface area (Å²) in [6.07, 6.45) is 2.10. The summed E-state index contributed by atoms with van der Waals surface area (Å²) in [5.74, 6) is 1.16.